The number of hydrogen-bond donors (Lipinski definition) is 0. The van der Waals surface area contributed by atoms with Crippen molar-refractivity contribution in [3.63, 3.8) is 0 Å². The molecule has 0 fully saturated rings. The predicted molar refractivity (Wildman–Crippen MR) is 91.0 cm³/mol. The molecule has 24 heavy (non-hydrogen) atoms. The van der Waals surface area contributed by atoms with Gasteiger partial charge in [0, 0.05) is 6.42 Å². The first-order chi connectivity index (χ1) is 11.6. The topological polar surface area (TPSA) is 52.6 Å². The molecule has 3 rings (SSSR count). The van der Waals surface area contributed by atoms with Crippen LogP contribution >= 0.6 is 11.6 Å². The van der Waals surface area contributed by atoms with Crippen molar-refractivity contribution in [2.45, 2.75) is 26.2 Å². The van der Waals surface area contributed by atoms with Crippen LogP contribution in [0.5, 0.6) is 11.5 Å². The Bertz CT molecular complexity index is 798. The SMILES string of the molecule is Cc1ccc(OC(=O)COc2ccccc2Cl)c2c1CCCC2=O. The van der Waals surface area contributed by atoms with E-state index in [1.165, 1.54) is 0 Å². The van der Waals surface area contributed by atoms with E-state index in [1.54, 1.807) is 30.3 Å². The van der Waals surface area contributed by atoms with E-state index < -0.39 is 5.97 Å². The minimum atomic E-state index is -0.570. The van der Waals surface area contributed by atoms with Crippen LogP contribution < -0.4 is 9.47 Å². The summed E-state index contributed by atoms with van der Waals surface area (Å²) in [7, 11) is 0. The zero-order valence-corrected chi connectivity index (χ0v) is 14.1. The largest absolute Gasteiger partial charge is 0.480 e. The highest BCUT2D eigenvalue weighted by atomic mass is 35.5. The van der Waals surface area contributed by atoms with Gasteiger partial charge < -0.3 is 9.47 Å². The van der Waals surface area contributed by atoms with E-state index in [9.17, 15) is 9.59 Å². The van der Waals surface area contributed by atoms with Gasteiger partial charge in [0.15, 0.2) is 12.4 Å². The molecule has 0 spiro atoms. The van der Waals surface area contributed by atoms with Gasteiger partial charge in [0.05, 0.1) is 10.6 Å². The molecule has 0 aromatic heterocycles. The van der Waals surface area contributed by atoms with Crippen molar-refractivity contribution in [2.75, 3.05) is 6.61 Å². The van der Waals surface area contributed by atoms with Gasteiger partial charge >= 0.3 is 5.97 Å². The summed E-state index contributed by atoms with van der Waals surface area (Å²) in [6.07, 6.45) is 2.14. The fourth-order valence-corrected chi connectivity index (χ4v) is 3.04. The second-order valence-corrected chi connectivity index (χ2v) is 6.11. The van der Waals surface area contributed by atoms with Crippen molar-refractivity contribution in [1.82, 2.24) is 0 Å². The van der Waals surface area contributed by atoms with Crippen LogP contribution in [0.1, 0.15) is 34.3 Å². The maximum Gasteiger partial charge on any atom is 0.349 e. The molecule has 0 saturated heterocycles. The number of carbonyl (C=O) groups is 2. The maximum absolute atomic E-state index is 12.2. The highest BCUT2D eigenvalue weighted by molar-refractivity contribution is 6.32. The molecule has 0 atom stereocenters. The van der Waals surface area contributed by atoms with Gasteiger partial charge in [-0.15, -0.1) is 0 Å². The number of ketones is 1. The summed E-state index contributed by atoms with van der Waals surface area (Å²) in [6.45, 7) is 1.68. The predicted octanol–water partition coefficient (Wildman–Crippen LogP) is 4.15. The standard InChI is InChI=1S/C19H17ClO4/c1-12-9-10-17(19-13(12)5-4-7-15(19)21)24-18(22)11-23-16-8-3-2-6-14(16)20/h2-3,6,8-10H,4-5,7,11H2,1H3. The van der Waals surface area contributed by atoms with Gasteiger partial charge in [-0.2, -0.15) is 0 Å². The Morgan fingerprint density at radius 2 is 1.92 bits per heavy atom. The van der Waals surface area contributed by atoms with Crippen molar-refractivity contribution >= 4 is 23.4 Å². The summed E-state index contributed by atoms with van der Waals surface area (Å²) in [4.78, 5) is 24.3. The molecule has 0 N–H and O–H groups in total. The third-order valence-electron chi connectivity index (χ3n) is 4.02. The highest BCUT2D eigenvalue weighted by Gasteiger charge is 2.24. The lowest BCUT2D eigenvalue weighted by Crippen LogP contribution is -2.21. The molecule has 0 aliphatic heterocycles. The van der Waals surface area contributed by atoms with Crippen LogP contribution in [0.2, 0.25) is 5.02 Å². The lowest BCUT2D eigenvalue weighted by molar-refractivity contribution is -0.136. The van der Waals surface area contributed by atoms with Gasteiger partial charge in [-0.25, -0.2) is 4.79 Å². The Labute approximate surface area is 145 Å². The number of benzene rings is 2. The number of carbonyl (C=O) groups excluding carboxylic acids is 2. The average molecular weight is 345 g/mol. The smallest absolute Gasteiger partial charge is 0.349 e. The molecule has 4 nitrogen and oxygen atoms in total. The van der Waals surface area contributed by atoms with Crippen molar-refractivity contribution in [1.29, 1.82) is 0 Å². The van der Waals surface area contributed by atoms with E-state index >= 15 is 0 Å². The van der Waals surface area contributed by atoms with Gasteiger partial charge in [0.25, 0.3) is 0 Å². The van der Waals surface area contributed by atoms with Gasteiger partial charge in [-0.05, 0) is 49.1 Å². The molecular weight excluding hydrogens is 328 g/mol. The van der Waals surface area contributed by atoms with E-state index in [0.29, 0.717) is 28.5 Å². The fraction of sp³-hybridized carbons (Fsp3) is 0.263. The number of halogens is 1. The van der Waals surface area contributed by atoms with Crippen LogP contribution in [0.4, 0.5) is 0 Å². The van der Waals surface area contributed by atoms with Crippen molar-refractivity contribution in [3.8, 4) is 11.5 Å². The molecular formula is C19H17ClO4. The highest BCUT2D eigenvalue weighted by Crippen LogP contribution is 2.32. The van der Waals surface area contributed by atoms with Gasteiger partial charge in [0.1, 0.15) is 11.5 Å². The van der Waals surface area contributed by atoms with Gasteiger partial charge in [-0.3, -0.25) is 4.79 Å². The lowest BCUT2D eigenvalue weighted by Gasteiger charge is -2.20. The van der Waals surface area contributed by atoms with Crippen LogP contribution in [0.3, 0.4) is 0 Å². The molecule has 2 aromatic carbocycles. The van der Waals surface area contributed by atoms with E-state index in [2.05, 4.69) is 0 Å². The quantitative estimate of drug-likeness (QED) is 0.617. The molecule has 0 unspecified atom stereocenters. The molecule has 2 aromatic rings. The first kappa shape index (κ1) is 16.5. The van der Waals surface area contributed by atoms with E-state index in [1.807, 2.05) is 13.0 Å². The molecule has 0 radical (unpaired) electrons. The van der Waals surface area contributed by atoms with Gasteiger partial charge in [-0.1, -0.05) is 29.8 Å². The third kappa shape index (κ3) is 3.44. The van der Waals surface area contributed by atoms with E-state index in [0.717, 1.165) is 24.0 Å². The zero-order valence-electron chi connectivity index (χ0n) is 13.3. The Hall–Kier alpha value is -2.33. The summed E-state index contributed by atoms with van der Waals surface area (Å²) in [5.41, 5.74) is 2.56. The van der Waals surface area contributed by atoms with Crippen molar-refractivity contribution in [2.24, 2.45) is 0 Å². The van der Waals surface area contributed by atoms with E-state index in [-0.39, 0.29) is 12.4 Å². The number of rotatable bonds is 4. The maximum atomic E-state index is 12.2. The monoisotopic (exact) mass is 344 g/mol. The molecule has 124 valence electrons. The normalized spacial score (nSPS) is 13.3. The van der Waals surface area contributed by atoms with Crippen LogP contribution in [-0.4, -0.2) is 18.4 Å². The Balaban J connectivity index is 1.73. The molecule has 1 aliphatic carbocycles. The van der Waals surface area contributed by atoms with E-state index in [4.69, 9.17) is 21.1 Å². The second-order valence-electron chi connectivity index (χ2n) is 5.70. The van der Waals surface area contributed by atoms with Crippen LogP contribution in [0, 0.1) is 6.92 Å². The van der Waals surface area contributed by atoms with Crippen molar-refractivity contribution < 1.29 is 19.1 Å². The van der Waals surface area contributed by atoms with Crippen LogP contribution in [0.15, 0.2) is 36.4 Å². The summed E-state index contributed by atoms with van der Waals surface area (Å²) >= 11 is 5.98. The summed E-state index contributed by atoms with van der Waals surface area (Å²) in [5, 5.41) is 0.424. The Kier molecular flexibility index (Phi) is 4.86. The minimum Gasteiger partial charge on any atom is -0.480 e. The first-order valence-electron chi connectivity index (χ1n) is 7.80. The van der Waals surface area contributed by atoms with Crippen molar-refractivity contribution in [3.05, 3.63) is 58.1 Å². The summed E-state index contributed by atoms with van der Waals surface area (Å²) in [5.74, 6) is 0.181. The number of esters is 1. The minimum absolute atomic E-state index is 0.0229. The average Bonchev–Trinajstić information content (AvgIpc) is 2.57. The Morgan fingerprint density at radius 1 is 1.12 bits per heavy atom. The fourth-order valence-electron chi connectivity index (χ4n) is 2.84. The molecule has 1 aliphatic rings. The number of fused-ring (bicyclic) bond motifs is 1. The number of aryl methyl sites for hydroxylation is 1. The lowest BCUT2D eigenvalue weighted by atomic mass is 9.87. The Morgan fingerprint density at radius 3 is 2.71 bits per heavy atom. The number of Topliss-reactive ketones (excluding diaryl/α,β-unsaturated/α-hetero) is 1. The molecule has 0 bridgehead atoms. The molecule has 5 heteroatoms. The van der Waals surface area contributed by atoms with Crippen LogP contribution in [0.25, 0.3) is 0 Å². The second kappa shape index (κ2) is 7.05. The number of hydrogen-bond acceptors (Lipinski definition) is 4. The van der Waals surface area contributed by atoms with Crippen LogP contribution in [-0.2, 0) is 11.2 Å². The number of para-hydroxylation sites is 1. The summed E-state index contributed by atoms with van der Waals surface area (Å²) < 4.78 is 10.7. The molecule has 0 saturated carbocycles. The zero-order chi connectivity index (χ0) is 17.1. The first-order valence-corrected chi connectivity index (χ1v) is 8.17. The third-order valence-corrected chi connectivity index (χ3v) is 4.34. The van der Waals surface area contributed by atoms with Gasteiger partial charge in [0.2, 0.25) is 0 Å². The summed E-state index contributed by atoms with van der Waals surface area (Å²) in [6, 6.07) is 10.4. The number of ether oxygens (including phenoxy) is 2. The molecule has 0 amide bonds. The molecule has 0 heterocycles.